The van der Waals surface area contributed by atoms with Gasteiger partial charge in [-0.3, -0.25) is 9.69 Å². The van der Waals surface area contributed by atoms with Crippen LogP contribution in [0.25, 0.3) is 0 Å². The highest BCUT2D eigenvalue weighted by molar-refractivity contribution is 6.07. The van der Waals surface area contributed by atoms with Crippen LogP contribution in [0.1, 0.15) is 52.4 Å². The van der Waals surface area contributed by atoms with E-state index in [0.29, 0.717) is 19.0 Å². The summed E-state index contributed by atoms with van der Waals surface area (Å²) in [5.74, 6) is 0.317. The van der Waals surface area contributed by atoms with Crippen LogP contribution in [0.2, 0.25) is 0 Å². The molecule has 0 radical (unpaired) electrons. The molecule has 1 unspecified atom stereocenters. The number of likely N-dealkylation sites (N-methyl/N-ethyl adjacent to an activating group) is 1. The SMILES string of the molecule is CCN1C(=O)N(CCC2=CCC=CC=C2)C(=O)C1(C)C1CCCC1. The van der Waals surface area contributed by atoms with E-state index in [9.17, 15) is 9.59 Å². The second kappa shape index (κ2) is 6.96. The van der Waals surface area contributed by atoms with Gasteiger partial charge >= 0.3 is 6.03 Å². The van der Waals surface area contributed by atoms with Gasteiger partial charge in [0.15, 0.2) is 0 Å². The van der Waals surface area contributed by atoms with E-state index in [1.807, 2.05) is 30.9 Å². The molecule has 0 aromatic heterocycles. The third kappa shape index (κ3) is 2.83. The zero-order valence-electron chi connectivity index (χ0n) is 14.8. The summed E-state index contributed by atoms with van der Waals surface area (Å²) in [7, 11) is 0. The van der Waals surface area contributed by atoms with Gasteiger partial charge in [-0.2, -0.15) is 0 Å². The maximum atomic E-state index is 13.1. The summed E-state index contributed by atoms with van der Waals surface area (Å²) < 4.78 is 0. The summed E-state index contributed by atoms with van der Waals surface area (Å²) in [6.07, 6.45) is 16.5. The zero-order valence-corrected chi connectivity index (χ0v) is 14.8. The van der Waals surface area contributed by atoms with Crippen molar-refractivity contribution in [3.8, 4) is 0 Å². The van der Waals surface area contributed by atoms with Crippen molar-refractivity contribution in [2.24, 2.45) is 5.92 Å². The Labute approximate surface area is 144 Å². The molecule has 0 spiro atoms. The van der Waals surface area contributed by atoms with Crippen LogP contribution in [-0.2, 0) is 4.79 Å². The smallest absolute Gasteiger partial charge is 0.310 e. The second-order valence-corrected chi connectivity index (χ2v) is 7.16. The van der Waals surface area contributed by atoms with Crippen LogP contribution in [0.3, 0.4) is 0 Å². The van der Waals surface area contributed by atoms with Crippen molar-refractivity contribution in [3.63, 3.8) is 0 Å². The summed E-state index contributed by atoms with van der Waals surface area (Å²) in [5.41, 5.74) is 0.551. The topological polar surface area (TPSA) is 40.6 Å². The zero-order chi connectivity index (χ0) is 17.2. The lowest BCUT2D eigenvalue weighted by atomic mass is 9.83. The first-order valence-corrected chi connectivity index (χ1v) is 9.24. The van der Waals surface area contributed by atoms with Crippen LogP contribution < -0.4 is 0 Å². The minimum Gasteiger partial charge on any atom is -0.310 e. The van der Waals surface area contributed by atoms with Gasteiger partial charge < -0.3 is 4.90 Å². The number of carbonyl (C=O) groups excluding carboxylic acids is 2. The molecule has 1 saturated carbocycles. The first kappa shape index (κ1) is 17.0. The van der Waals surface area contributed by atoms with Gasteiger partial charge in [-0.15, -0.1) is 0 Å². The monoisotopic (exact) mass is 328 g/mol. The standard InChI is InChI=1S/C20H28N2O2/c1-3-22-19(24)21(15-14-16-10-6-4-5-7-11-16)18(23)20(22,2)17-12-8-9-13-17/h4-6,10-11,17H,3,7-9,12-15H2,1-2H3. The predicted molar refractivity (Wildman–Crippen MR) is 95.4 cm³/mol. The number of amides is 3. The molecular formula is C20H28N2O2. The average Bonchev–Trinajstić information content (AvgIpc) is 3.07. The van der Waals surface area contributed by atoms with Crippen molar-refractivity contribution in [1.82, 2.24) is 9.80 Å². The minimum absolute atomic E-state index is 0.0116. The van der Waals surface area contributed by atoms with Crippen molar-refractivity contribution >= 4 is 11.9 Å². The van der Waals surface area contributed by atoms with E-state index >= 15 is 0 Å². The van der Waals surface area contributed by atoms with Gasteiger partial charge in [0.25, 0.3) is 5.91 Å². The first-order valence-electron chi connectivity index (χ1n) is 9.24. The summed E-state index contributed by atoms with van der Waals surface area (Å²) in [5, 5.41) is 0. The summed E-state index contributed by atoms with van der Waals surface area (Å²) in [6, 6.07) is -0.103. The molecule has 3 aliphatic rings. The third-order valence-electron chi connectivity index (χ3n) is 5.86. The molecule has 1 aliphatic heterocycles. The molecule has 1 heterocycles. The van der Waals surface area contributed by atoms with Crippen molar-refractivity contribution in [1.29, 1.82) is 0 Å². The number of rotatable bonds is 5. The lowest BCUT2D eigenvalue weighted by Gasteiger charge is -2.36. The summed E-state index contributed by atoms with van der Waals surface area (Å²) in [6.45, 7) is 5.04. The number of imide groups is 1. The van der Waals surface area contributed by atoms with Crippen molar-refractivity contribution in [3.05, 3.63) is 36.0 Å². The number of urea groups is 1. The largest absolute Gasteiger partial charge is 0.327 e. The minimum atomic E-state index is -0.641. The lowest BCUT2D eigenvalue weighted by molar-refractivity contribution is -0.135. The Morgan fingerprint density at radius 2 is 1.96 bits per heavy atom. The molecule has 0 aromatic rings. The number of hydrogen-bond donors (Lipinski definition) is 0. The van der Waals surface area contributed by atoms with Crippen LogP contribution in [-0.4, -0.2) is 40.4 Å². The van der Waals surface area contributed by atoms with E-state index in [4.69, 9.17) is 0 Å². The highest BCUT2D eigenvalue weighted by Gasteiger charge is 2.57. The molecule has 3 rings (SSSR count). The van der Waals surface area contributed by atoms with Crippen molar-refractivity contribution in [2.45, 2.75) is 57.9 Å². The van der Waals surface area contributed by atoms with Crippen LogP contribution in [0.4, 0.5) is 4.79 Å². The fourth-order valence-corrected chi connectivity index (χ4v) is 4.41. The summed E-state index contributed by atoms with van der Waals surface area (Å²) >= 11 is 0. The number of carbonyl (C=O) groups is 2. The van der Waals surface area contributed by atoms with Gasteiger partial charge in [0, 0.05) is 13.1 Å². The van der Waals surface area contributed by atoms with Gasteiger partial charge in [-0.05, 0) is 51.0 Å². The Bertz CT molecular complexity index is 599. The van der Waals surface area contributed by atoms with Crippen LogP contribution in [0, 0.1) is 5.92 Å². The fourth-order valence-electron chi connectivity index (χ4n) is 4.41. The first-order chi connectivity index (χ1) is 11.6. The van der Waals surface area contributed by atoms with Gasteiger partial charge in [-0.1, -0.05) is 43.2 Å². The quantitative estimate of drug-likeness (QED) is 0.714. The Hall–Kier alpha value is -1.84. The Morgan fingerprint density at radius 1 is 1.21 bits per heavy atom. The molecule has 24 heavy (non-hydrogen) atoms. The van der Waals surface area contributed by atoms with E-state index in [2.05, 4.69) is 18.2 Å². The van der Waals surface area contributed by atoms with Gasteiger partial charge in [0.2, 0.25) is 0 Å². The molecule has 2 aliphatic carbocycles. The molecule has 0 N–H and O–H groups in total. The maximum Gasteiger partial charge on any atom is 0.327 e. The molecule has 4 heteroatoms. The lowest BCUT2D eigenvalue weighted by Crippen LogP contribution is -2.52. The Balaban J connectivity index is 1.75. The molecule has 1 saturated heterocycles. The molecule has 0 bridgehead atoms. The normalized spacial score (nSPS) is 28.0. The average molecular weight is 328 g/mol. The molecule has 4 nitrogen and oxygen atoms in total. The fraction of sp³-hybridized carbons (Fsp3) is 0.600. The number of allylic oxidation sites excluding steroid dienone is 5. The van der Waals surface area contributed by atoms with E-state index in [1.165, 1.54) is 23.3 Å². The Morgan fingerprint density at radius 3 is 2.67 bits per heavy atom. The number of nitrogens with zero attached hydrogens (tertiary/aromatic N) is 2. The summed E-state index contributed by atoms with van der Waals surface area (Å²) in [4.78, 5) is 29.3. The van der Waals surface area contributed by atoms with Crippen molar-refractivity contribution in [2.75, 3.05) is 13.1 Å². The van der Waals surface area contributed by atoms with E-state index in [-0.39, 0.29) is 11.9 Å². The van der Waals surface area contributed by atoms with Crippen molar-refractivity contribution < 1.29 is 9.59 Å². The van der Waals surface area contributed by atoms with Crippen LogP contribution in [0.15, 0.2) is 36.0 Å². The second-order valence-electron chi connectivity index (χ2n) is 7.16. The number of hydrogen-bond acceptors (Lipinski definition) is 2. The highest BCUT2D eigenvalue weighted by Crippen LogP contribution is 2.42. The van der Waals surface area contributed by atoms with Crippen LogP contribution in [0.5, 0.6) is 0 Å². The molecule has 130 valence electrons. The third-order valence-corrected chi connectivity index (χ3v) is 5.86. The van der Waals surface area contributed by atoms with Gasteiger partial charge in [-0.25, -0.2) is 4.79 Å². The van der Waals surface area contributed by atoms with Gasteiger partial charge in [0.1, 0.15) is 5.54 Å². The van der Waals surface area contributed by atoms with Crippen LogP contribution >= 0.6 is 0 Å². The molecule has 3 amide bonds. The van der Waals surface area contributed by atoms with Gasteiger partial charge in [0.05, 0.1) is 0 Å². The molecule has 0 aromatic carbocycles. The maximum absolute atomic E-state index is 13.1. The molecule has 1 atom stereocenters. The predicted octanol–water partition coefficient (Wildman–Crippen LogP) is 4.05. The van der Waals surface area contributed by atoms with E-state index < -0.39 is 5.54 Å². The highest BCUT2D eigenvalue weighted by atomic mass is 16.2. The van der Waals surface area contributed by atoms with E-state index in [0.717, 1.165) is 25.7 Å². The molecule has 2 fully saturated rings. The Kier molecular flexibility index (Phi) is 4.93. The molecular weight excluding hydrogens is 300 g/mol. The van der Waals surface area contributed by atoms with E-state index in [1.54, 1.807) is 0 Å².